The summed E-state index contributed by atoms with van der Waals surface area (Å²) in [5.74, 6) is 1.03. The molecule has 8 heteroatoms. The fourth-order valence-corrected chi connectivity index (χ4v) is 5.81. The Hall–Kier alpha value is -1.47. The zero-order valence-electron chi connectivity index (χ0n) is 23.2. The van der Waals surface area contributed by atoms with Crippen molar-refractivity contribution < 1.29 is 13.9 Å². The van der Waals surface area contributed by atoms with Gasteiger partial charge in [0.1, 0.15) is 11.6 Å². The summed E-state index contributed by atoms with van der Waals surface area (Å²) < 4.78 is 23.8. The summed E-state index contributed by atoms with van der Waals surface area (Å²) in [5, 5.41) is 1.29. The summed E-state index contributed by atoms with van der Waals surface area (Å²) in [6.07, 6.45) is 5.45. The number of halogens is 3. The average Bonchev–Trinajstić information content (AvgIpc) is 3.72. The molecule has 0 bridgehead atoms. The normalized spacial score (nSPS) is 20.3. The van der Waals surface area contributed by atoms with Crippen molar-refractivity contribution in [3.05, 3.63) is 62.9 Å². The number of nitrogens with zero attached hydrogens (tertiary/aromatic N) is 1. The van der Waals surface area contributed by atoms with Gasteiger partial charge >= 0.3 is 0 Å². The van der Waals surface area contributed by atoms with E-state index in [1.54, 1.807) is 12.1 Å². The Bertz CT molecular complexity index is 1060. The third-order valence-corrected chi connectivity index (χ3v) is 8.09. The van der Waals surface area contributed by atoms with Gasteiger partial charge in [0, 0.05) is 46.4 Å². The lowest BCUT2D eigenvalue weighted by Crippen LogP contribution is -2.44. The lowest BCUT2D eigenvalue weighted by molar-refractivity contribution is 0.0584. The molecule has 1 aliphatic carbocycles. The molecule has 1 saturated heterocycles. The van der Waals surface area contributed by atoms with Gasteiger partial charge in [-0.15, -0.1) is 0 Å². The average molecular weight is 584 g/mol. The lowest BCUT2D eigenvalue weighted by atomic mass is 9.91. The van der Waals surface area contributed by atoms with E-state index < -0.39 is 11.7 Å². The molecular formula is C30H41Cl2FN2O2S. The van der Waals surface area contributed by atoms with E-state index in [0.717, 1.165) is 49.1 Å². The molecule has 0 spiro atoms. The van der Waals surface area contributed by atoms with E-state index in [1.807, 2.05) is 19.1 Å². The summed E-state index contributed by atoms with van der Waals surface area (Å²) >= 11 is 13.8. The van der Waals surface area contributed by atoms with Gasteiger partial charge in [0.25, 0.3) is 5.91 Å². The maximum absolute atomic E-state index is 14.8. The molecule has 4 rings (SSSR count). The molecule has 0 radical (unpaired) electrons. The van der Waals surface area contributed by atoms with Crippen molar-refractivity contribution in [2.45, 2.75) is 84.7 Å². The molecule has 1 aliphatic heterocycles. The van der Waals surface area contributed by atoms with Gasteiger partial charge in [-0.1, -0.05) is 62.3 Å². The van der Waals surface area contributed by atoms with E-state index in [1.165, 1.54) is 24.4 Å². The van der Waals surface area contributed by atoms with Crippen LogP contribution >= 0.6 is 35.1 Å². The standard InChI is InChI=1S/C27H33Cl2FN2O2S.C3H8/c1-4-35-31-27(33)24-12-23(19-7-8-19)26(13-25(24)30)34-15-18-6-5-16(2)32(14-18)17(3)20-9-21(28)11-22(29)10-20;1-3-2/h9-13,16-19H,4-8,14-15H2,1-3H3,(H,31,33);3H2,1-2H3/t16-,17?,18?;/m1./s1. The number of ether oxygens (including phenoxy) is 1. The van der Waals surface area contributed by atoms with Gasteiger partial charge in [-0.05, 0) is 80.8 Å². The minimum absolute atomic E-state index is 0.0897. The van der Waals surface area contributed by atoms with Crippen LogP contribution in [-0.4, -0.2) is 35.8 Å². The molecule has 2 aliphatic rings. The van der Waals surface area contributed by atoms with Crippen LogP contribution in [0, 0.1) is 11.7 Å². The molecule has 2 unspecified atom stereocenters. The Morgan fingerprint density at radius 3 is 2.37 bits per heavy atom. The summed E-state index contributed by atoms with van der Waals surface area (Å²) in [4.78, 5) is 14.9. The van der Waals surface area contributed by atoms with Crippen LogP contribution in [0.4, 0.5) is 4.39 Å². The first kappa shape index (κ1) is 31.1. The number of nitrogens with one attached hydrogen (secondary N) is 1. The van der Waals surface area contributed by atoms with Crippen LogP contribution in [0.5, 0.6) is 5.75 Å². The number of benzene rings is 2. The van der Waals surface area contributed by atoms with Crippen molar-refractivity contribution in [1.29, 1.82) is 0 Å². The molecule has 1 heterocycles. The second-order valence-electron chi connectivity index (χ2n) is 10.4. The molecule has 210 valence electrons. The van der Waals surface area contributed by atoms with Crippen molar-refractivity contribution in [2.24, 2.45) is 5.92 Å². The molecule has 38 heavy (non-hydrogen) atoms. The third kappa shape index (κ3) is 8.51. The maximum Gasteiger partial charge on any atom is 0.264 e. The molecule has 4 nitrogen and oxygen atoms in total. The van der Waals surface area contributed by atoms with Crippen LogP contribution < -0.4 is 9.46 Å². The summed E-state index contributed by atoms with van der Waals surface area (Å²) in [5.41, 5.74) is 2.14. The fourth-order valence-electron chi connectivity index (χ4n) is 4.88. The zero-order valence-corrected chi connectivity index (χ0v) is 25.5. The third-order valence-electron chi connectivity index (χ3n) is 7.04. The summed E-state index contributed by atoms with van der Waals surface area (Å²) in [6.45, 7) is 12.0. The van der Waals surface area contributed by atoms with Crippen molar-refractivity contribution in [3.63, 3.8) is 0 Å². The number of piperidine rings is 1. The molecule has 2 fully saturated rings. The molecular weight excluding hydrogens is 542 g/mol. The van der Waals surface area contributed by atoms with Crippen LogP contribution in [0.2, 0.25) is 10.0 Å². The Morgan fingerprint density at radius 1 is 1.11 bits per heavy atom. The number of amides is 1. The Kier molecular flexibility index (Phi) is 12.1. The minimum atomic E-state index is -0.538. The van der Waals surface area contributed by atoms with E-state index >= 15 is 0 Å². The minimum Gasteiger partial charge on any atom is -0.493 e. The first-order valence-corrected chi connectivity index (χ1v) is 15.5. The molecule has 3 atom stereocenters. The van der Waals surface area contributed by atoms with E-state index in [2.05, 4.69) is 37.3 Å². The number of hydrogen-bond acceptors (Lipinski definition) is 4. The lowest BCUT2D eigenvalue weighted by Gasteiger charge is -2.42. The van der Waals surface area contributed by atoms with Gasteiger partial charge in [-0.2, -0.15) is 0 Å². The fraction of sp³-hybridized carbons (Fsp3) is 0.567. The summed E-state index contributed by atoms with van der Waals surface area (Å²) in [6, 6.07) is 9.40. The van der Waals surface area contributed by atoms with Crippen LogP contribution in [0.1, 0.15) is 100 Å². The van der Waals surface area contributed by atoms with Crippen LogP contribution in [0.25, 0.3) is 0 Å². The first-order chi connectivity index (χ1) is 18.2. The second-order valence-corrected chi connectivity index (χ2v) is 12.3. The largest absolute Gasteiger partial charge is 0.493 e. The Balaban J connectivity index is 0.00000127. The predicted octanol–water partition coefficient (Wildman–Crippen LogP) is 9.06. The van der Waals surface area contributed by atoms with E-state index in [4.69, 9.17) is 27.9 Å². The first-order valence-electron chi connectivity index (χ1n) is 13.8. The van der Waals surface area contributed by atoms with Gasteiger partial charge in [-0.25, -0.2) is 4.39 Å². The van der Waals surface area contributed by atoms with Gasteiger partial charge in [0.05, 0.1) is 12.2 Å². The van der Waals surface area contributed by atoms with Crippen LogP contribution in [-0.2, 0) is 0 Å². The molecule has 0 aromatic heterocycles. The molecule has 1 N–H and O–H groups in total. The highest BCUT2D eigenvalue weighted by molar-refractivity contribution is 7.97. The van der Waals surface area contributed by atoms with E-state index in [9.17, 15) is 9.18 Å². The van der Waals surface area contributed by atoms with Gasteiger partial charge < -0.3 is 4.74 Å². The molecule has 2 aromatic rings. The number of carbonyl (C=O) groups excluding carboxylic acids is 1. The Morgan fingerprint density at radius 2 is 1.76 bits per heavy atom. The highest BCUT2D eigenvalue weighted by Crippen LogP contribution is 2.45. The van der Waals surface area contributed by atoms with Crippen molar-refractivity contribution >= 4 is 41.1 Å². The Labute approximate surface area is 242 Å². The highest BCUT2D eigenvalue weighted by Gasteiger charge is 2.32. The van der Waals surface area contributed by atoms with Gasteiger partial charge in [-0.3, -0.25) is 14.4 Å². The zero-order chi connectivity index (χ0) is 27.8. The van der Waals surface area contributed by atoms with Gasteiger partial charge in [0.15, 0.2) is 0 Å². The maximum atomic E-state index is 14.8. The molecule has 2 aromatic carbocycles. The van der Waals surface area contributed by atoms with E-state index in [0.29, 0.717) is 40.3 Å². The number of carbonyl (C=O) groups is 1. The number of likely N-dealkylation sites (tertiary alicyclic amines) is 1. The van der Waals surface area contributed by atoms with Crippen molar-refractivity contribution in [3.8, 4) is 5.75 Å². The SMILES string of the molecule is CCC.CCSNC(=O)c1cc(C2CC2)c(OCC2CC[C@@H](C)N(C(C)c3cc(Cl)cc(Cl)c3)C2)cc1F. The van der Waals surface area contributed by atoms with Crippen LogP contribution in [0.15, 0.2) is 30.3 Å². The second kappa shape index (κ2) is 14.8. The monoisotopic (exact) mass is 582 g/mol. The van der Waals surface area contributed by atoms with E-state index in [-0.39, 0.29) is 11.6 Å². The smallest absolute Gasteiger partial charge is 0.264 e. The molecule has 1 amide bonds. The van der Waals surface area contributed by atoms with Gasteiger partial charge in [0.2, 0.25) is 0 Å². The topological polar surface area (TPSA) is 41.6 Å². The predicted molar refractivity (Wildman–Crippen MR) is 159 cm³/mol. The van der Waals surface area contributed by atoms with Crippen molar-refractivity contribution in [2.75, 3.05) is 18.9 Å². The highest BCUT2D eigenvalue weighted by atomic mass is 35.5. The summed E-state index contributed by atoms with van der Waals surface area (Å²) in [7, 11) is 0. The number of rotatable bonds is 9. The number of hydrogen-bond donors (Lipinski definition) is 1. The van der Waals surface area contributed by atoms with Crippen molar-refractivity contribution in [1.82, 2.24) is 9.62 Å². The quantitative estimate of drug-likeness (QED) is 0.299. The molecule has 1 saturated carbocycles. The van der Waals surface area contributed by atoms with Crippen LogP contribution in [0.3, 0.4) is 0 Å².